The van der Waals surface area contributed by atoms with Gasteiger partial charge in [-0.25, -0.2) is 0 Å². The summed E-state index contributed by atoms with van der Waals surface area (Å²) in [6, 6.07) is 0. The fourth-order valence-electron chi connectivity index (χ4n) is 2.91. The minimum absolute atomic E-state index is 0.133. The Morgan fingerprint density at radius 2 is 2.00 bits per heavy atom. The molecule has 0 bridgehead atoms. The van der Waals surface area contributed by atoms with Crippen molar-refractivity contribution in [3.63, 3.8) is 0 Å². The summed E-state index contributed by atoms with van der Waals surface area (Å²) < 4.78 is 42.7. The highest BCUT2D eigenvalue weighted by Crippen LogP contribution is 2.29. The minimum atomic E-state index is -4.08. The van der Waals surface area contributed by atoms with Crippen molar-refractivity contribution in [2.75, 3.05) is 26.2 Å². The zero-order valence-corrected chi connectivity index (χ0v) is 13.2. The largest absolute Gasteiger partial charge is 0.389 e. The average Bonchev–Trinajstić information content (AvgIpc) is 2.44. The number of hydrogen-bond acceptors (Lipinski definition) is 3. The van der Waals surface area contributed by atoms with Gasteiger partial charge in [0.15, 0.2) is 0 Å². The summed E-state index contributed by atoms with van der Waals surface area (Å²) in [4.78, 5) is 2.23. The molecule has 1 aliphatic rings. The average molecular weight is 310 g/mol. The third-order valence-electron chi connectivity index (χ3n) is 4.31. The number of piperidine rings is 1. The van der Waals surface area contributed by atoms with Crippen molar-refractivity contribution >= 4 is 0 Å². The number of alkyl halides is 3. The van der Waals surface area contributed by atoms with E-state index in [-0.39, 0.29) is 18.1 Å². The van der Waals surface area contributed by atoms with Gasteiger partial charge in [0.05, 0.1) is 6.10 Å². The van der Waals surface area contributed by atoms with Crippen LogP contribution in [0.5, 0.6) is 0 Å². The summed E-state index contributed by atoms with van der Waals surface area (Å²) in [5.41, 5.74) is 5.51. The van der Waals surface area contributed by atoms with Gasteiger partial charge in [0.2, 0.25) is 0 Å². The second kappa shape index (κ2) is 8.34. The van der Waals surface area contributed by atoms with E-state index in [2.05, 4.69) is 11.8 Å². The molecule has 0 amide bonds. The van der Waals surface area contributed by atoms with E-state index >= 15 is 0 Å². The van der Waals surface area contributed by atoms with Crippen molar-refractivity contribution in [3.05, 3.63) is 0 Å². The van der Waals surface area contributed by atoms with Gasteiger partial charge in [-0.3, -0.25) is 4.90 Å². The fourth-order valence-corrected chi connectivity index (χ4v) is 2.91. The highest BCUT2D eigenvalue weighted by molar-refractivity contribution is 4.91. The van der Waals surface area contributed by atoms with Crippen LogP contribution < -0.4 is 5.73 Å². The molecule has 0 aliphatic carbocycles. The van der Waals surface area contributed by atoms with Gasteiger partial charge in [0.1, 0.15) is 0 Å². The van der Waals surface area contributed by atoms with Crippen LogP contribution in [-0.4, -0.2) is 49.0 Å². The van der Waals surface area contributed by atoms with Crippen LogP contribution in [0.1, 0.15) is 52.4 Å². The molecule has 0 aromatic rings. The van der Waals surface area contributed by atoms with Gasteiger partial charge in [-0.2, -0.15) is 13.2 Å². The topological polar surface area (TPSA) is 38.5 Å². The normalized spacial score (nSPS) is 24.0. The lowest BCUT2D eigenvalue weighted by Crippen LogP contribution is -2.56. The highest BCUT2D eigenvalue weighted by atomic mass is 19.4. The molecule has 126 valence electrons. The zero-order valence-electron chi connectivity index (χ0n) is 13.2. The molecular weight excluding hydrogens is 281 g/mol. The molecule has 2 atom stereocenters. The number of hydrogen-bond donors (Lipinski definition) is 1. The second-order valence-corrected chi connectivity index (χ2v) is 6.25. The molecule has 3 nitrogen and oxygen atoms in total. The molecule has 21 heavy (non-hydrogen) atoms. The number of likely N-dealkylation sites (tertiary alicyclic amines) is 1. The van der Waals surface area contributed by atoms with Crippen LogP contribution in [0.15, 0.2) is 0 Å². The first-order valence-electron chi connectivity index (χ1n) is 7.94. The first-order valence-corrected chi connectivity index (χ1v) is 7.94. The standard InChI is InChI=1S/C15H29F3N2O/c1-3-10-21-13-6-4-9-20(11-13)14(2,12-19)7-5-8-15(16,17)18/h13H,3-12,19H2,1-2H3. The van der Waals surface area contributed by atoms with E-state index in [1.807, 2.05) is 6.92 Å². The quantitative estimate of drug-likeness (QED) is 0.747. The predicted molar refractivity (Wildman–Crippen MR) is 78.2 cm³/mol. The summed E-state index contributed by atoms with van der Waals surface area (Å²) >= 11 is 0. The third-order valence-corrected chi connectivity index (χ3v) is 4.31. The van der Waals surface area contributed by atoms with Crippen molar-refractivity contribution in [2.24, 2.45) is 5.73 Å². The van der Waals surface area contributed by atoms with E-state index < -0.39 is 12.6 Å². The third kappa shape index (κ3) is 6.53. The minimum Gasteiger partial charge on any atom is -0.377 e. The molecule has 0 aromatic carbocycles. The van der Waals surface area contributed by atoms with E-state index in [4.69, 9.17) is 10.5 Å². The van der Waals surface area contributed by atoms with Crippen molar-refractivity contribution in [2.45, 2.75) is 70.2 Å². The molecule has 1 rings (SSSR count). The van der Waals surface area contributed by atoms with E-state index in [1.54, 1.807) is 0 Å². The van der Waals surface area contributed by atoms with Crippen molar-refractivity contribution in [1.29, 1.82) is 0 Å². The van der Waals surface area contributed by atoms with E-state index in [9.17, 15) is 13.2 Å². The summed E-state index contributed by atoms with van der Waals surface area (Å²) in [5.74, 6) is 0. The maximum absolute atomic E-state index is 12.3. The lowest BCUT2D eigenvalue weighted by atomic mass is 9.90. The molecule has 2 unspecified atom stereocenters. The van der Waals surface area contributed by atoms with Crippen LogP contribution in [0, 0.1) is 0 Å². The van der Waals surface area contributed by atoms with Crippen LogP contribution in [0.2, 0.25) is 0 Å². The van der Waals surface area contributed by atoms with Crippen LogP contribution in [0.4, 0.5) is 13.2 Å². The lowest BCUT2D eigenvalue weighted by Gasteiger charge is -2.45. The highest BCUT2D eigenvalue weighted by Gasteiger charge is 2.35. The van der Waals surface area contributed by atoms with Gasteiger partial charge in [0.25, 0.3) is 0 Å². The molecule has 6 heteroatoms. The number of halogens is 3. The van der Waals surface area contributed by atoms with Gasteiger partial charge in [-0.15, -0.1) is 0 Å². The molecule has 0 saturated carbocycles. The lowest BCUT2D eigenvalue weighted by molar-refractivity contribution is -0.137. The molecule has 1 aliphatic heterocycles. The molecule has 0 spiro atoms. The summed E-state index contributed by atoms with van der Waals surface area (Å²) in [7, 11) is 0. The first kappa shape index (κ1) is 18.7. The molecule has 1 saturated heterocycles. The maximum Gasteiger partial charge on any atom is 0.389 e. The maximum atomic E-state index is 12.3. The van der Waals surface area contributed by atoms with Gasteiger partial charge < -0.3 is 10.5 Å². The van der Waals surface area contributed by atoms with Crippen LogP contribution >= 0.6 is 0 Å². The van der Waals surface area contributed by atoms with E-state index in [0.29, 0.717) is 13.0 Å². The van der Waals surface area contributed by atoms with Crippen molar-refractivity contribution < 1.29 is 17.9 Å². The summed E-state index contributed by atoms with van der Waals surface area (Å²) in [6.45, 7) is 6.84. The Labute approximate surface area is 126 Å². The molecule has 1 heterocycles. The van der Waals surface area contributed by atoms with Crippen LogP contribution in [0.25, 0.3) is 0 Å². The summed E-state index contributed by atoms with van der Waals surface area (Å²) in [5, 5.41) is 0. The number of ether oxygens (including phenoxy) is 1. The Hall–Kier alpha value is -0.330. The Morgan fingerprint density at radius 3 is 2.57 bits per heavy atom. The smallest absolute Gasteiger partial charge is 0.377 e. The first-order chi connectivity index (χ1) is 9.80. The Kier molecular flexibility index (Phi) is 7.44. The van der Waals surface area contributed by atoms with Crippen LogP contribution in [-0.2, 0) is 4.74 Å². The van der Waals surface area contributed by atoms with Crippen LogP contribution in [0.3, 0.4) is 0 Å². The second-order valence-electron chi connectivity index (χ2n) is 6.25. The van der Waals surface area contributed by atoms with Gasteiger partial charge >= 0.3 is 6.18 Å². The number of nitrogens with zero attached hydrogens (tertiary/aromatic N) is 1. The van der Waals surface area contributed by atoms with Gasteiger partial charge in [-0.1, -0.05) is 6.92 Å². The predicted octanol–water partition coefficient (Wildman–Crippen LogP) is 3.33. The number of nitrogens with two attached hydrogens (primary N) is 1. The van der Waals surface area contributed by atoms with Gasteiger partial charge in [0, 0.05) is 31.7 Å². The van der Waals surface area contributed by atoms with Crippen molar-refractivity contribution in [1.82, 2.24) is 4.90 Å². The fraction of sp³-hybridized carbons (Fsp3) is 1.00. The molecule has 1 fully saturated rings. The molecule has 0 aromatic heterocycles. The molecule has 2 N–H and O–H groups in total. The Morgan fingerprint density at radius 1 is 1.29 bits per heavy atom. The van der Waals surface area contributed by atoms with Gasteiger partial charge in [-0.05, 0) is 45.6 Å². The molecular formula is C15H29F3N2O. The molecule has 0 radical (unpaired) electrons. The number of rotatable bonds is 8. The monoisotopic (exact) mass is 310 g/mol. The Balaban J connectivity index is 2.51. The van der Waals surface area contributed by atoms with E-state index in [0.717, 1.165) is 39.0 Å². The van der Waals surface area contributed by atoms with E-state index in [1.165, 1.54) is 0 Å². The zero-order chi connectivity index (χ0) is 15.9. The Bertz CT molecular complexity index is 299. The summed E-state index contributed by atoms with van der Waals surface area (Å²) in [6.07, 6.45) is -0.986. The SMILES string of the molecule is CCCOC1CCCN(C(C)(CN)CCCC(F)(F)F)C1. The van der Waals surface area contributed by atoms with Crippen molar-refractivity contribution in [3.8, 4) is 0 Å².